The van der Waals surface area contributed by atoms with Crippen LogP contribution in [0.4, 0.5) is 10.5 Å². The molecule has 2 amide bonds. The monoisotopic (exact) mass is 379 g/mol. The third-order valence-electron chi connectivity index (χ3n) is 4.43. The molecule has 8 nitrogen and oxygen atoms in total. The van der Waals surface area contributed by atoms with Gasteiger partial charge in [0.25, 0.3) is 5.69 Å². The molecule has 0 radical (unpaired) electrons. The molecule has 1 aliphatic heterocycles. The number of halogens is 1. The molecule has 0 bridgehead atoms. The van der Waals surface area contributed by atoms with Crippen LogP contribution in [0.2, 0.25) is 5.02 Å². The summed E-state index contributed by atoms with van der Waals surface area (Å²) in [6.45, 7) is 3.57. The molecule has 1 atom stereocenters. The van der Waals surface area contributed by atoms with Crippen LogP contribution in [-0.4, -0.2) is 34.5 Å². The van der Waals surface area contributed by atoms with Gasteiger partial charge in [-0.2, -0.15) is 0 Å². The summed E-state index contributed by atoms with van der Waals surface area (Å²) in [6.07, 6.45) is 1.75. The molecule has 1 aromatic carbocycles. The number of carbonyl (C=O) groups excluding carboxylic acids is 2. The van der Waals surface area contributed by atoms with E-state index in [1.165, 1.54) is 12.1 Å². The summed E-state index contributed by atoms with van der Waals surface area (Å²) < 4.78 is 5.15. The van der Waals surface area contributed by atoms with E-state index >= 15 is 0 Å². The van der Waals surface area contributed by atoms with Crippen molar-refractivity contribution in [1.82, 2.24) is 10.2 Å². The van der Waals surface area contributed by atoms with Crippen LogP contribution in [-0.2, 0) is 9.53 Å². The van der Waals surface area contributed by atoms with E-state index in [1.807, 2.05) is 0 Å². The molecular weight excluding hydrogens is 362 g/mol. The maximum Gasteiger partial charge on any atom is 0.338 e. The number of urea groups is 1. The summed E-state index contributed by atoms with van der Waals surface area (Å²) in [7, 11) is 0. The van der Waals surface area contributed by atoms with Crippen LogP contribution in [0.1, 0.15) is 38.3 Å². The fourth-order valence-corrected chi connectivity index (χ4v) is 3.29. The van der Waals surface area contributed by atoms with Crippen molar-refractivity contribution >= 4 is 29.3 Å². The van der Waals surface area contributed by atoms with Crippen LogP contribution in [0.15, 0.2) is 29.5 Å². The molecule has 1 fully saturated rings. The molecular formula is C17H18ClN3O5. The molecule has 1 heterocycles. The fraction of sp³-hybridized carbons (Fsp3) is 0.412. The van der Waals surface area contributed by atoms with Gasteiger partial charge in [0.1, 0.15) is 5.02 Å². The largest absolute Gasteiger partial charge is 0.463 e. The zero-order valence-corrected chi connectivity index (χ0v) is 15.1. The second-order valence-corrected chi connectivity index (χ2v) is 6.58. The summed E-state index contributed by atoms with van der Waals surface area (Å²) >= 11 is 5.87. The number of allylic oxidation sites excluding steroid dienone is 1. The summed E-state index contributed by atoms with van der Waals surface area (Å²) in [6, 6.07) is 3.10. The van der Waals surface area contributed by atoms with Crippen LogP contribution in [0.3, 0.4) is 0 Å². The van der Waals surface area contributed by atoms with E-state index in [2.05, 4.69) is 5.32 Å². The third-order valence-corrected chi connectivity index (χ3v) is 4.75. The van der Waals surface area contributed by atoms with E-state index < -0.39 is 16.9 Å². The Hall–Kier alpha value is -2.61. The topological polar surface area (TPSA) is 102 Å². The number of amides is 2. The van der Waals surface area contributed by atoms with Gasteiger partial charge in [-0.1, -0.05) is 17.7 Å². The number of nitro benzene ring substituents is 1. The van der Waals surface area contributed by atoms with E-state index in [-0.39, 0.29) is 35.0 Å². The number of nitro groups is 1. The van der Waals surface area contributed by atoms with Crippen molar-refractivity contribution in [3.63, 3.8) is 0 Å². The maximum atomic E-state index is 12.6. The van der Waals surface area contributed by atoms with Crippen molar-refractivity contribution in [3.05, 3.63) is 50.2 Å². The van der Waals surface area contributed by atoms with E-state index in [1.54, 1.807) is 24.8 Å². The molecule has 26 heavy (non-hydrogen) atoms. The minimum atomic E-state index is -0.840. The molecule has 1 N–H and O–H groups in total. The van der Waals surface area contributed by atoms with E-state index in [0.717, 1.165) is 12.8 Å². The zero-order chi connectivity index (χ0) is 19.0. The summed E-state index contributed by atoms with van der Waals surface area (Å²) in [5, 5.41) is 13.9. The van der Waals surface area contributed by atoms with Gasteiger partial charge < -0.3 is 10.1 Å². The van der Waals surface area contributed by atoms with Crippen LogP contribution in [0.5, 0.6) is 0 Å². The van der Waals surface area contributed by atoms with Crippen molar-refractivity contribution in [2.75, 3.05) is 6.61 Å². The molecule has 0 aromatic heterocycles. The van der Waals surface area contributed by atoms with Crippen molar-refractivity contribution < 1.29 is 19.2 Å². The Morgan fingerprint density at radius 2 is 2.15 bits per heavy atom. The average Bonchev–Trinajstić information content (AvgIpc) is 3.39. The normalized spacial score (nSPS) is 20.0. The van der Waals surface area contributed by atoms with Crippen LogP contribution in [0, 0.1) is 10.1 Å². The van der Waals surface area contributed by atoms with Gasteiger partial charge in [0.15, 0.2) is 0 Å². The van der Waals surface area contributed by atoms with E-state index in [0.29, 0.717) is 11.3 Å². The molecule has 138 valence electrons. The molecule has 9 heteroatoms. The van der Waals surface area contributed by atoms with Crippen LogP contribution in [0.25, 0.3) is 0 Å². The second-order valence-electron chi connectivity index (χ2n) is 6.17. The number of esters is 1. The number of hydrogen-bond acceptors (Lipinski definition) is 5. The first kappa shape index (κ1) is 18.2. The third kappa shape index (κ3) is 3.24. The molecule has 3 rings (SSSR count). The van der Waals surface area contributed by atoms with Gasteiger partial charge >= 0.3 is 12.0 Å². The number of nitrogens with one attached hydrogen (secondary N) is 1. The van der Waals surface area contributed by atoms with Crippen molar-refractivity contribution in [2.24, 2.45) is 0 Å². The Morgan fingerprint density at radius 1 is 1.46 bits per heavy atom. The highest BCUT2D eigenvalue weighted by molar-refractivity contribution is 6.32. The molecule has 1 unspecified atom stereocenters. The minimum Gasteiger partial charge on any atom is -0.463 e. The highest BCUT2D eigenvalue weighted by atomic mass is 35.5. The van der Waals surface area contributed by atoms with E-state index in [4.69, 9.17) is 16.3 Å². The number of ether oxygens (including phenoxy) is 1. The lowest BCUT2D eigenvalue weighted by Crippen LogP contribution is -2.48. The average molecular weight is 380 g/mol. The van der Waals surface area contributed by atoms with Gasteiger partial charge in [0.2, 0.25) is 0 Å². The maximum absolute atomic E-state index is 12.6. The lowest BCUT2D eigenvalue weighted by Gasteiger charge is -2.35. The highest BCUT2D eigenvalue weighted by Crippen LogP contribution is 2.39. The smallest absolute Gasteiger partial charge is 0.338 e. The molecule has 0 saturated heterocycles. The fourth-order valence-electron chi connectivity index (χ4n) is 3.10. The molecule has 1 aliphatic carbocycles. The summed E-state index contributed by atoms with van der Waals surface area (Å²) in [5.41, 5.74) is 0.892. The molecule has 1 aromatic rings. The Balaban J connectivity index is 2.09. The Kier molecular flexibility index (Phi) is 4.86. The Labute approximate surface area is 154 Å². The number of hydrogen-bond donors (Lipinski definition) is 1. The predicted molar refractivity (Wildman–Crippen MR) is 93.6 cm³/mol. The zero-order valence-electron chi connectivity index (χ0n) is 14.3. The first-order valence-corrected chi connectivity index (χ1v) is 8.64. The number of carbonyl (C=O) groups is 2. The molecule has 1 saturated carbocycles. The Morgan fingerprint density at radius 3 is 2.73 bits per heavy atom. The van der Waals surface area contributed by atoms with Gasteiger partial charge in [0.05, 0.1) is 23.1 Å². The van der Waals surface area contributed by atoms with Crippen molar-refractivity contribution in [1.29, 1.82) is 0 Å². The summed E-state index contributed by atoms with van der Waals surface area (Å²) in [5.74, 6) is -0.557. The lowest BCUT2D eigenvalue weighted by molar-refractivity contribution is -0.384. The van der Waals surface area contributed by atoms with Crippen LogP contribution >= 0.6 is 11.6 Å². The first-order chi connectivity index (χ1) is 12.3. The Bertz CT molecular complexity index is 819. The standard InChI is InChI=1S/C17H18ClN3O5/c1-3-26-16(22)14-9(2)20(11-5-6-11)17(23)19-15(14)10-4-7-12(18)13(8-10)21(24)25/h4,7-8,11,15H,3,5-6H2,1-2H3,(H,19,23). The molecule has 2 aliphatic rings. The second kappa shape index (κ2) is 6.95. The number of rotatable bonds is 5. The van der Waals surface area contributed by atoms with Crippen molar-refractivity contribution in [2.45, 2.75) is 38.8 Å². The predicted octanol–water partition coefficient (Wildman–Crippen LogP) is 3.31. The van der Waals surface area contributed by atoms with E-state index in [9.17, 15) is 19.7 Å². The quantitative estimate of drug-likeness (QED) is 0.480. The van der Waals surface area contributed by atoms with Gasteiger partial charge in [-0.15, -0.1) is 0 Å². The highest BCUT2D eigenvalue weighted by Gasteiger charge is 2.42. The number of nitrogens with zero attached hydrogens (tertiary/aromatic N) is 2. The van der Waals surface area contributed by atoms with Crippen molar-refractivity contribution in [3.8, 4) is 0 Å². The molecule has 0 spiro atoms. The minimum absolute atomic E-state index is 0.0149. The van der Waals surface area contributed by atoms with Crippen LogP contribution < -0.4 is 5.32 Å². The van der Waals surface area contributed by atoms with Gasteiger partial charge in [-0.3, -0.25) is 15.0 Å². The first-order valence-electron chi connectivity index (χ1n) is 8.26. The van der Waals surface area contributed by atoms with Gasteiger partial charge in [-0.25, -0.2) is 9.59 Å². The lowest BCUT2D eigenvalue weighted by atomic mass is 9.94. The number of benzene rings is 1. The summed E-state index contributed by atoms with van der Waals surface area (Å²) in [4.78, 5) is 37.2. The van der Waals surface area contributed by atoms with Gasteiger partial charge in [0, 0.05) is 17.8 Å². The SMILES string of the molecule is CCOC(=O)C1=C(C)N(C2CC2)C(=O)NC1c1ccc(Cl)c([N+](=O)[O-])c1. The van der Waals surface area contributed by atoms with Gasteiger partial charge in [-0.05, 0) is 38.3 Å².